The minimum absolute atomic E-state index is 0.181. The summed E-state index contributed by atoms with van der Waals surface area (Å²) in [7, 11) is 0. The smallest absolute Gasteiger partial charge is 0.162 e. The van der Waals surface area contributed by atoms with Crippen LogP contribution in [-0.2, 0) is 12.0 Å². The van der Waals surface area contributed by atoms with Gasteiger partial charge in [0, 0.05) is 12.0 Å². The number of nitrogens with zero attached hydrogens (tertiary/aromatic N) is 1. The van der Waals surface area contributed by atoms with Gasteiger partial charge in [-0.25, -0.2) is 0 Å². The third-order valence-electron chi connectivity index (χ3n) is 7.83. The van der Waals surface area contributed by atoms with Gasteiger partial charge in [0.05, 0.1) is 0 Å². The molecular weight excluding hydrogens is 442 g/mol. The van der Waals surface area contributed by atoms with Crippen LogP contribution in [0.25, 0.3) is 0 Å². The first-order chi connectivity index (χ1) is 17.6. The van der Waals surface area contributed by atoms with Gasteiger partial charge in [0.15, 0.2) is 5.78 Å². The molecule has 0 saturated carbocycles. The van der Waals surface area contributed by atoms with Gasteiger partial charge in [0.1, 0.15) is 5.60 Å². The molecule has 3 aromatic rings. The molecule has 3 nitrogen and oxygen atoms in total. The Morgan fingerprint density at radius 2 is 1.42 bits per heavy atom. The Hall–Kier alpha value is -2.75. The van der Waals surface area contributed by atoms with Crippen LogP contribution in [-0.4, -0.2) is 35.4 Å². The number of ketones is 1. The molecule has 0 aliphatic carbocycles. The molecule has 1 N–H and O–H groups in total. The van der Waals surface area contributed by atoms with E-state index >= 15 is 0 Å². The van der Waals surface area contributed by atoms with Crippen molar-refractivity contribution < 1.29 is 9.90 Å². The fourth-order valence-corrected chi connectivity index (χ4v) is 5.60. The molecule has 0 spiro atoms. The SMILES string of the molecule is CCCCc1ccc(C(=O)CCCCN2CCC(C(O)(c3ccccc3)c3ccccc3)CC2)cc1. The normalized spacial score (nSPS) is 15.2. The lowest BCUT2D eigenvalue weighted by Crippen LogP contribution is -2.44. The van der Waals surface area contributed by atoms with E-state index in [1.165, 1.54) is 18.4 Å². The maximum Gasteiger partial charge on any atom is 0.162 e. The van der Waals surface area contributed by atoms with Gasteiger partial charge in [-0.1, -0.05) is 98.3 Å². The van der Waals surface area contributed by atoms with E-state index in [0.717, 1.165) is 68.4 Å². The van der Waals surface area contributed by atoms with Crippen molar-refractivity contribution in [1.82, 2.24) is 4.90 Å². The average Bonchev–Trinajstić information content (AvgIpc) is 2.95. The molecule has 0 radical (unpaired) electrons. The van der Waals surface area contributed by atoms with Gasteiger partial charge < -0.3 is 10.0 Å². The summed E-state index contributed by atoms with van der Waals surface area (Å²) >= 11 is 0. The number of carbonyl (C=O) groups excluding carboxylic acids is 1. The molecule has 1 fully saturated rings. The second-order valence-corrected chi connectivity index (χ2v) is 10.3. The summed E-state index contributed by atoms with van der Waals surface area (Å²) in [5.41, 5.74) is 3.16. The van der Waals surface area contributed by atoms with Crippen molar-refractivity contribution in [3.8, 4) is 0 Å². The molecule has 1 aliphatic heterocycles. The highest BCUT2D eigenvalue weighted by Crippen LogP contribution is 2.41. The molecule has 4 rings (SSSR count). The molecule has 0 bridgehead atoms. The molecule has 36 heavy (non-hydrogen) atoms. The van der Waals surface area contributed by atoms with Crippen LogP contribution in [0.5, 0.6) is 0 Å². The van der Waals surface area contributed by atoms with Crippen LogP contribution in [0, 0.1) is 5.92 Å². The molecule has 190 valence electrons. The Morgan fingerprint density at radius 3 is 1.97 bits per heavy atom. The third kappa shape index (κ3) is 6.52. The molecule has 0 aromatic heterocycles. The number of hydrogen-bond acceptors (Lipinski definition) is 3. The Morgan fingerprint density at radius 1 is 0.833 bits per heavy atom. The molecule has 1 saturated heterocycles. The standard InChI is InChI=1S/C33H41NO2/c1-2-3-12-27-18-20-28(21-19-27)32(35)17-10-11-24-34-25-22-31(23-26-34)33(36,29-13-6-4-7-14-29)30-15-8-5-9-16-30/h4-9,13-16,18-21,31,36H,2-3,10-12,17,22-26H2,1H3. The lowest BCUT2D eigenvalue weighted by Gasteiger charge is -2.42. The lowest BCUT2D eigenvalue weighted by atomic mass is 9.72. The van der Waals surface area contributed by atoms with E-state index in [4.69, 9.17) is 0 Å². The maximum atomic E-state index is 12.6. The van der Waals surface area contributed by atoms with Crippen molar-refractivity contribution in [2.75, 3.05) is 19.6 Å². The molecule has 1 heterocycles. The van der Waals surface area contributed by atoms with E-state index in [-0.39, 0.29) is 11.7 Å². The third-order valence-corrected chi connectivity index (χ3v) is 7.83. The summed E-state index contributed by atoms with van der Waals surface area (Å²) in [5.74, 6) is 0.437. The highest BCUT2D eigenvalue weighted by atomic mass is 16.3. The number of Topliss-reactive ketones (excluding diaryl/α,β-unsaturated/α-hetero) is 1. The Bertz CT molecular complexity index is 1010. The molecule has 3 aromatic carbocycles. The van der Waals surface area contributed by atoms with E-state index in [1.807, 2.05) is 48.5 Å². The summed E-state index contributed by atoms with van der Waals surface area (Å²) in [5, 5.41) is 12.1. The van der Waals surface area contributed by atoms with Crippen LogP contribution in [0.1, 0.15) is 78.9 Å². The predicted molar refractivity (Wildman–Crippen MR) is 148 cm³/mol. The largest absolute Gasteiger partial charge is 0.380 e. The van der Waals surface area contributed by atoms with Crippen molar-refractivity contribution in [3.63, 3.8) is 0 Å². The van der Waals surface area contributed by atoms with E-state index in [2.05, 4.69) is 48.2 Å². The summed E-state index contributed by atoms with van der Waals surface area (Å²) < 4.78 is 0. The van der Waals surface area contributed by atoms with Crippen molar-refractivity contribution in [3.05, 3.63) is 107 Å². The van der Waals surface area contributed by atoms with Gasteiger partial charge in [0.2, 0.25) is 0 Å². The number of hydrogen-bond donors (Lipinski definition) is 1. The van der Waals surface area contributed by atoms with Crippen molar-refractivity contribution in [2.45, 2.75) is 63.9 Å². The van der Waals surface area contributed by atoms with Gasteiger partial charge in [-0.2, -0.15) is 0 Å². The number of unbranched alkanes of at least 4 members (excludes halogenated alkanes) is 2. The predicted octanol–water partition coefficient (Wildman–Crippen LogP) is 7.03. The number of likely N-dealkylation sites (tertiary alicyclic amines) is 1. The second kappa shape index (κ2) is 13.0. The highest BCUT2D eigenvalue weighted by Gasteiger charge is 2.41. The van der Waals surface area contributed by atoms with Gasteiger partial charge in [-0.05, 0) is 80.8 Å². The monoisotopic (exact) mass is 483 g/mol. The molecular formula is C33H41NO2. The minimum Gasteiger partial charge on any atom is -0.380 e. The van der Waals surface area contributed by atoms with Gasteiger partial charge in [0.25, 0.3) is 0 Å². The number of aliphatic hydroxyl groups is 1. The zero-order chi connectivity index (χ0) is 25.2. The Balaban J connectivity index is 1.25. The molecule has 1 aliphatic rings. The fourth-order valence-electron chi connectivity index (χ4n) is 5.60. The van der Waals surface area contributed by atoms with E-state index in [9.17, 15) is 9.90 Å². The van der Waals surface area contributed by atoms with Gasteiger partial charge >= 0.3 is 0 Å². The van der Waals surface area contributed by atoms with E-state index in [0.29, 0.717) is 6.42 Å². The second-order valence-electron chi connectivity index (χ2n) is 10.3. The molecule has 0 atom stereocenters. The highest BCUT2D eigenvalue weighted by molar-refractivity contribution is 5.96. The first kappa shape index (κ1) is 26.3. The summed E-state index contributed by atoms with van der Waals surface area (Å²) in [6, 6.07) is 28.5. The number of carbonyl (C=O) groups is 1. The van der Waals surface area contributed by atoms with E-state index < -0.39 is 5.60 Å². The zero-order valence-electron chi connectivity index (χ0n) is 21.7. The minimum atomic E-state index is -0.965. The number of piperidine rings is 1. The quantitative estimate of drug-likeness (QED) is 0.222. The number of rotatable bonds is 12. The van der Waals surface area contributed by atoms with Crippen LogP contribution >= 0.6 is 0 Å². The van der Waals surface area contributed by atoms with Crippen molar-refractivity contribution >= 4 is 5.78 Å². The summed E-state index contributed by atoms with van der Waals surface area (Å²) in [6.45, 7) is 5.19. The summed E-state index contributed by atoms with van der Waals surface area (Å²) in [4.78, 5) is 15.1. The van der Waals surface area contributed by atoms with Gasteiger partial charge in [-0.3, -0.25) is 4.79 Å². The Labute approximate surface area is 217 Å². The first-order valence-corrected chi connectivity index (χ1v) is 13.8. The van der Waals surface area contributed by atoms with Crippen LogP contribution in [0.2, 0.25) is 0 Å². The zero-order valence-corrected chi connectivity index (χ0v) is 21.7. The average molecular weight is 484 g/mol. The van der Waals surface area contributed by atoms with Crippen LogP contribution < -0.4 is 0 Å². The number of benzene rings is 3. The number of aryl methyl sites for hydroxylation is 1. The first-order valence-electron chi connectivity index (χ1n) is 13.8. The maximum absolute atomic E-state index is 12.6. The van der Waals surface area contributed by atoms with Gasteiger partial charge in [-0.15, -0.1) is 0 Å². The van der Waals surface area contributed by atoms with Crippen LogP contribution in [0.15, 0.2) is 84.9 Å². The van der Waals surface area contributed by atoms with Crippen LogP contribution in [0.3, 0.4) is 0 Å². The lowest BCUT2D eigenvalue weighted by molar-refractivity contribution is -0.0143. The van der Waals surface area contributed by atoms with Crippen molar-refractivity contribution in [1.29, 1.82) is 0 Å². The Kier molecular flexibility index (Phi) is 9.49. The molecule has 0 amide bonds. The van der Waals surface area contributed by atoms with E-state index in [1.54, 1.807) is 0 Å². The summed E-state index contributed by atoms with van der Waals surface area (Å²) in [6.07, 6.45) is 7.98. The van der Waals surface area contributed by atoms with Crippen molar-refractivity contribution in [2.24, 2.45) is 5.92 Å². The topological polar surface area (TPSA) is 40.5 Å². The molecule has 0 unspecified atom stereocenters. The fraction of sp³-hybridized carbons (Fsp3) is 0.424. The van der Waals surface area contributed by atoms with Crippen LogP contribution in [0.4, 0.5) is 0 Å². The molecule has 3 heteroatoms.